The van der Waals surface area contributed by atoms with Crippen molar-refractivity contribution >= 4 is 41.8 Å². The topological polar surface area (TPSA) is 142 Å². The standard InChI is InChI=1S/C25H24BN4O6/c1-12(2)26-30-23(35)16-9-7-14(11-18(16)24(30)36)20(32)28-27-19(31)13-6-8-15-17(10-13)22(34)29(21(15)33)25(3,4)5/h6-12,35-36H,1-5H3. The molecule has 0 bridgehead atoms. The molecule has 11 heteroatoms. The number of imide groups is 1. The van der Waals surface area contributed by atoms with Gasteiger partial charge >= 0.3 is 0 Å². The molecule has 0 saturated heterocycles. The second-order valence-electron chi connectivity index (χ2n) is 9.86. The summed E-state index contributed by atoms with van der Waals surface area (Å²) in [5.74, 6) is -3.02. The Kier molecular flexibility index (Phi) is 6.03. The number of fused-ring (bicyclic) bond motifs is 2. The van der Waals surface area contributed by atoms with Gasteiger partial charge in [0.1, 0.15) is 0 Å². The van der Waals surface area contributed by atoms with Crippen LogP contribution >= 0.6 is 0 Å². The van der Waals surface area contributed by atoms with Crippen molar-refractivity contribution in [2.24, 2.45) is 10.2 Å². The van der Waals surface area contributed by atoms with Crippen molar-refractivity contribution in [3.05, 3.63) is 58.7 Å². The molecule has 0 fully saturated rings. The Morgan fingerprint density at radius 2 is 1.36 bits per heavy atom. The summed E-state index contributed by atoms with van der Waals surface area (Å²) in [7, 11) is 1.63. The lowest BCUT2D eigenvalue weighted by molar-refractivity contribution is 0.0507. The highest BCUT2D eigenvalue weighted by Crippen LogP contribution is 2.37. The Morgan fingerprint density at radius 3 is 1.94 bits per heavy atom. The monoisotopic (exact) mass is 487 g/mol. The van der Waals surface area contributed by atoms with E-state index >= 15 is 0 Å². The van der Waals surface area contributed by atoms with Crippen LogP contribution in [0.2, 0.25) is 5.82 Å². The summed E-state index contributed by atoms with van der Waals surface area (Å²) in [6.07, 6.45) is 0. The van der Waals surface area contributed by atoms with Gasteiger partial charge < -0.3 is 14.7 Å². The highest BCUT2D eigenvalue weighted by molar-refractivity contribution is 6.37. The number of amides is 4. The van der Waals surface area contributed by atoms with Gasteiger partial charge in [0.25, 0.3) is 31.0 Å². The number of carbonyl (C=O) groups excluding carboxylic acids is 4. The molecule has 1 aliphatic rings. The second kappa shape index (κ2) is 8.74. The highest BCUT2D eigenvalue weighted by Gasteiger charge is 2.42. The molecular formula is C25H24BN4O6. The number of aromatic nitrogens is 1. The summed E-state index contributed by atoms with van der Waals surface area (Å²) in [4.78, 5) is 51.6. The first-order valence-corrected chi connectivity index (χ1v) is 11.3. The summed E-state index contributed by atoms with van der Waals surface area (Å²) < 4.78 is 1.23. The minimum atomic E-state index is -0.861. The molecule has 2 aromatic carbocycles. The number of aromatic hydroxyl groups is 2. The molecule has 4 amide bonds. The maximum absolute atomic E-state index is 12.7. The summed E-state index contributed by atoms with van der Waals surface area (Å²) in [6, 6.07) is 8.21. The Balaban J connectivity index is 1.57. The molecule has 0 atom stereocenters. The van der Waals surface area contributed by atoms with E-state index in [0.717, 1.165) is 4.90 Å². The molecule has 0 saturated carbocycles. The molecule has 183 valence electrons. The van der Waals surface area contributed by atoms with E-state index in [1.165, 1.54) is 40.9 Å². The van der Waals surface area contributed by atoms with Crippen molar-refractivity contribution in [1.29, 1.82) is 0 Å². The van der Waals surface area contributed by atoms with Crippen LogP contribution in [0, 0.1) is 0 Å². The molecule has 0 unspecified atom stereocenters. The Bertz CT molecular complexity index is 1480. The van der Waals surface area contributed by atoms with Gasteiger partial charge in [0.05, 0.1) is 11.1 Å². The first kappa shape index (κ1) is 24.8. The fourth-order valence-corrected chi connectivity index (χ4v) is 4.05. The van der Waals surface area contributed by atoms with Gasteiger partial charge in [0.2, 0.25) is 0 Å². The van der Waals surface area contributed by atoms with Crippen LogP contribution in [-0.2, 0) is 0 Å². The molecule has 4 rings (SSSR count). The predicted molar refractivity (Wildman–Crippen MR) is 132 cm³/mol. The molecule has 1 radical (unpaired) electrons. The fourth-order valence-electron chi connectivity index (χ4n) is 4.05. The number of benzene rings is 2. The van der Waals surface area contributed by atoms with Crippen molar-refractivity contribution in [3.8, 4) is 11.8 Å². The first-order valence-electron chi connectivity index (χ1n) is 11.3. The smallest absolute Gasteiger partial charge is 0.295 e. The van der Waals surface area contributed by atoms with Crippen LogP contribution in [0.1, 0.15) is 76.1 Å². The molecule has 0 spiro atoms. The van der Waals surface area contributed by atoms with Crippen LogP contribution in [0.15, 0.2) is 46.6 Å². The van der Waals surface area contributed by atoms with Crippen molar-refractivity contribution in [2.45, 2.75) is 46.0 Å². The third kappa shape index (κ3) is 4.17. The lowest BCUT2D eigenvalue weighted by Gasteiger charge is -2.29. The zero-order chi connectivity index (χ0) is 26.5. The van der Waals surface area contributed by atoms with E-state index in [1.807, 2.05) is 13.8 Å². The van der Waals surface area contributed by atoms with Gasteiger partial charge in [-0.15, -0.1) is 10.2 Å². The summed E-state index contributed by atoms with van der Waals surface area (Å²) >= 11 is 0. The molecule has 10 nitrogen and oxygen atoms in total. The lowest BCUT2D eigenvalue weighted by Crippen LogP contribution is -2.45. The van der Waals surface area contributed by atoms with E-state index < -0.39 is 29.2 Å². The molecule has 3 aromatic rings. The van der Waals surface area contributed by atoms with E-state index in [2.05, 4.69) is 10.2 Å². The van der Waals surface area contributed by atoms with Crippen molar-refractivity contribution in [1.82, 2.24) is 9.38 Å². The predicted octanol–water partition coefficient (Wildman–Crippen LogP) is 4.18. The van der Waals surface area contributed by atoms with Gasteiger partial charge in [-0.1, -0.05) is 19.7 Å². The van der Waals surface area contributed by atoms with E-state index in [4.69, 9.17) is 0 Å². The maximum atomic E-state index is 12.7. The Labute approximate surface area is 207 Å². The molecule has 1 aliphatic heterocycles. The zero-order valence-corrected chi connectivity index (χ0v) is 20.4. The SMILES string of the molecule is CC(C)[B]n1c(O)c2ccc(C(=O)N=NC(=O)c3ccc4c(c3)C(=O)N(C(C)(C)C)C4=O)cc2c1O. The largest absolute Gasteiger partial charge is 0.495 e. The molecule has 2 heterocycles. The average Bonchev–Trinajstić information content (AvgIpc) is 3.21. The van der Waals surface area contributed by atoms with E-state index in [0.29, 0.717) is 5.39 Å². The number of nitrogens with zero attached hydrogens (tertiary/aromatic N) is 4. The van der Waals surface area contributed by atoms with Gasteiger partial charge in [-0.2, -0.15) is 0 Å². The van der Waals surface area contributed by atoms with Gasteiger partial charge in [-0.25, -0.2) is 0 Å². The van der Waals surface area contributed by atoms with Gasteiger partial charge in [-0.05, 0) is 57.2 Å². The summed E-state index contributed by atoms with van der Waals surface area (Å²) in [6.45, 7) is 8.96. The van der Waals surface area contributed by atoms with Gasteiger partial charge in [0, 0.05) is 27.4 Å². The third-order valence-corrected chi connectivity index (χ3v) is 5.69. The number of carbonyl (C=O) groups is 4. The fraction of sp³-hybridized carbons (Fsp3) is 0.280. The molecule has 1 aromatic heterocycles. The van der Waals surface area contributed by atoms with Crippen LogP contribution in [0.5, 0.6) is 11.8 Å². The van der Waals surface area contributed by atoms with Crippen molar-refractivity contribution in [2.75, 3.05) is 0 Å². The number of hydrogen-bond donors (Lipinski definition) is 2. The minimum absolute atomic E-state index is 0.00141. The molecule has 0 aliphatic carbocycles. The van der Waals surface area contributed by atoms with Crippen LogP contribution in [-0.4, -0.2) is 56.2 Å². The number of rotatable bonds is 4. The molecule has 2 N–H and O–H groups in total. The van der Waals surface area contributed by atoms with Gasteiger partial charge in [-0.3, -0.25) is 24.1 Å². The van der Waals surface area contributed by atoms with Crippen molar-refractivity contribution in [3.63, 3.8) is 0 Å². The number of hydrogen-bond acceptors (Lipinski definition) is 6. The number of azo groups is 1. The minimum Gasteiger partial charge on any atom is -0.495 e. The first-order chi connectivity index (χ1) is 16.8. The van der Waals surface area contributed by atoms with Crippen LogP contribution < -0.4 is 0 Å². The summed E-state index contributed by atoms with van der Waals surface area (Å²) in [5, 5.41) is 28.4. The van der Waals surface area contributed by atoms with Crippen molar-refractivity contribution < 1.29 is 29.4 Å². The lowest BCUT2D eigenvalue weighted by atomic mass is 9.78. The van der Waals surface area contributed by atoms with E-state index in [9.17, 15) is 29.4 Å². The Morgan fingerprint density at radius 1 is 0.833 bits per heavy atom. The van der Waals surface area contributed by atoms with Crippen LogP contribution in [0.4, 0.5) is 0 Å². The highest BCUT2D eigenvalue weighted by atomic mass is 16.3. The maximum Gasteiger partial charge on any atom is 0.295 e. The van der Waals surface area contributed by atoms with Gasteiger partial charge in [0.15, 0.2) is 11.8 Å². The van der Waals surface area contributed by atoms with Crippen LogP contribution in [0.3, 0.4) is 0 Å². The van der Waals surface area contributed by atoms with E-state index in [1.54, 1.807) is 28.2 Å². The third-order valence-electron chi connectivity index (χ3n) is 5.69. The summed E-state index contributed by atoms with van der Waals surface area (Å²) in [5.41, 5.74) is -0.403. The normalized spacial score (nSPS) is 13.8. The van der Waals surface area contributed by atoms with E-state index in [-0.39, 0.29) is 45.2 Å². The molecular weight excluding hydrogens is 463 g/mol. The molecule has 36 heavy (non-hydrogen) atoms. The zero-order valence-electron chi connectivity index (χ0n) is 20.4. The second-order valence-corrected chi connectivity index (χ2v) is 9.86. The quantitative estimate of drug-likeness (QED) is 0.321. The van der Waals surface area contributed by atoms with Crippen LogP contribution in [0.25, 0.3) is 10.8 Å². The average molecular weight is 487 g/mol. The Hall–Kier alpha value is -4.28.